The first-order valence-electron chi connectivity index (χ1n) is 10.6. The summed E-state index contributed by atoms with van der Waals surface area (Å²) in [6, 6.07) is 15.3. The second-order valence-electron chi connectivity index (χ2n) is 8.11. The molecule has 0 aliphatic carbocycles. The van der Waals surface area contributed by atoms with Gasteiger partial charge in [-0.15, -0.1) is 0 Å². The molecule has 2 aromatic carbocycles. The zero-order valence-electron chi connectivity index (χ0n) is 17.3. The Morgan fingerprint density at radius 1 is 1.07 bits per heavy atom. The number of nitrogens with zero attached hydrogens (tertiary/aromatic N) is 2. The van der Waals surface area contributed by atoms with Crippen LogP contribution >= 0.6 is 0 Å². The van der Waals surface area contributed by atoms with Gasteiger partial charge in [0.25, 0.3) is 0 Å². The Bertz CT molecular complexity index is 989. The SMILES string of the molecule is CCc1cnc(/C=C\c2cccc3cccc(C)c23)cc1N1CCC(C)CC1. The molecule has 2 heteroatoms. The first kappa shape index (κ1) is 18.7. The maximum Gasteiger partial charge on any atom is 0.0650 e. The highest BCUT2D eigenvalue weighted by molar-refractivity contribution is 5.95. The molecule has 0 atom stereocenters. The molecule has 1 aliphatic heterocycles. The van der Waals surface area contributed by atoms with Gasteiger partial charge < -0.3 is 4.90 Å². The number of rotatable bonds is 4. The van der Waals surface area contributed by atoms with E-state index in [1.807, 2.05) is 0 Å². The van der Waals surface area contributed by atoms with Gasteiger partial charge >= 0.3 is 0 Å². The average molecular weight is 371 g/mol. The molecule has 0 spiro atoms. The van der Waals surface area contributed by atoms with Gasteiger partial charge in [0.05, 0.1) is 5.69 Å². The Morgan fingerprint density at radius 2 is 1.82 bits per heavy atom. The summed E-state index contributed by atoms with van der Waals surface area (Å²) in [6.07, 6.45) is 10.0. The molecule has 4 rings (SSSR count). The van der Waals surface area contributed by atoms with Crippen LogP contribution in [0.25, 0.3) is 22.9 Å². The Balaban J connectivity index is 1.66. The smallest absolute Gasteiger partial charge is 0.0650 e. The van der Waals surface area contributed by atoms with E-state index in [-0.39, 0.29) is 0 Å². The third-order valence-electron chi connectivity index (χ3n) is 6.07. The molecule has 144 valence electrons. The summed E-state index contributed by atoms with van der Waals surface area (Å²) in [5.41, 5.74) is 6.34. The van der Waals surface area contributed by atoms with Crippen LogP contribution in [0.15, 0.2) is 48.7 Å². The van der Waals surface area contributed by atoms with E-state index in [9.17, 15) is 0 Å². The Kier molecular flexibility index (Phi) is 5.47. The van der Waals surface area contributed by atoms with Crippen LogP contribution in [-0.4, -0.2) is 18.1 Å². The van der Waals surface area contributed by atoms with Gasteiger partial charge in [-0.3, -0.25) is 4.98 Å². The lowest BCUT2D eigenvalue weighted by Gasteiger charge is -2.33. The van der Waals surface area contributed by atoms with Crippen LogP contribution in [0.1, 0.15) is 49.1 Å². The number of aromatic nitrogens is 1. The van der Waals surface area contributed by atoms with Crippen molar-refractivity contribution in [1.82, 2.24) is 4.98 Å². The number of hydrogen-bond acceptors (Lipinski definition) is 2. The number of pyridine rings is 1. The zero-order valence-corrected chi connectivity index (χ0v) is 17.3. The number of piperidine rings is 1. The van der Waals surface area contributed by atoms with Crippen molar-refractivity contribution in [3.63, 3.8) is 0 Å². The summed E-state index contributed by atoms with van der Waals surface area (Å²) in [6.45, 7) is 9.09. The van der Waals surface area contributed by atoms with Crippen molar-refractivity contribution in [2.45, 2.75) is 40.0 Å². The highest BCUT2D eigenvalue weighted by Gasteiger charge is 2.18. The summed E-state index contributed by atoms with van der Waals surface area (Å²) in [7, 11) is 0. The van der Waals surface area contributed by atoms with Crippen LogP contribution in [0.2, 0.25) is 0 Å². The van der Waals surface area contributed by atoms with E-state index in [4.69, 9.17) is 4.98 Å². The maximum atomic E-state index is 4.72. The highest BCUT2D eigenvalue weighted by Crippen LogP contribution is 2.28. The number of aryl methyl sites for hydroxylation is 2. The van der Waals surface area contributed by atoms with Gasteiger partial charge in [-0.2, -0.15) is 0 Å². The van der Waals surface area contributed by atoms with Gasteiger partial charge in [0.1, 0.15) is 0 Å². The van der Waals surface area contributed by atoms with E-state index in [2.05, 4.69) is 86.5 Å². The Morgan fingerprint density at radius 3 is 2.57 bits per heavy atom. The monoisotopic (exact) mass is 370 g/mol. The first-order valence-corrected chi connectivity index (χ1v) is 10.6. The number of benzene rings is 2. The van der Waals surface area contributed by atoms with E-state index in [1.165, 1.54) is 46.0 Å². The Hall–Kier alpha value is -2.61. The molecule has 1 saturated heterocycles. The van der Waals surface area contributed by atoms with E-state index in [0.717, 1.165) is 31.1 Å². The predicted octanol–water partition coefficient (Wildman–Crippen LogP) is 6.51. The molecule has 0 N–H and O–H groups in total. The molecule has 1 aliphatic rings. The van der Waals surface area contributed by atoms with Crippen molar-refractivity contribution in [1.29, 1.82) is 0 Å². The lowest BCUT2D eigenvalue weighted by molar-refractivity contribution is 0.438. The summed E-state index contributed by atoms with van der Waals surface area (Å²) in [5.74, 6) is 0.845. The Labute approximate surface area is 168 Å². The van der Waals surface area contributed by atoms with Gasteiger partial charge in [-0.05, 0) is 71.7 Å². The van der Waals surface area contributed by atoms with Crippen LogP contribution in [0.3, 0.4) is 0 Å². The molecule has 1 aromatic heterocycles. The third-order valence-corrected chi connectivity index (χ3v) is 6.07. The zero-order chi connectivity index (χ0) is 19.5. The summed E-state index contributed by atoms with van der Waals surface area (Å²) >= 11 is 0. The number of anilines is 1. The van der Waals surface area contributed by atoms with E-state index < -0.39 is 0 Å². The first-order chi connectivity index (χ1) is 13.7. The fourth-order valence-electron chi connectivity index (χ4n) is 4.27. The van der Waals surface area contributed by atoms with Gasteiger partial charge in [-0.25, -0.2) is 0 Å². The highest BCUT2D eigenvalue weighted by atomic mass is 15.1. The molecule has 0 amide bonds. The van der Waals surface area contributed by atoms with Crippen molar-refractivity contribution in [3.8, 4) is 0 Å². The minimum Gasteiger partial charge on any atom is -0.371 e. The van der Waals surface area contributed by atoms with Crippen molar-refractivity contribution in [3.05, 3.63) is 71.0 Å². The second kappa shape index (κ2) is 8.18. The fourth-order valence-corrected chi connectivity index (χ4v) is 4.27. The van der Waals surface area contributed by atoms with Gasteiger partial charge in [-0.1, -0.05) is 56.3 Å². The summed E-state index contributed by atoms with van der Waals surface area (Å²) in [4.78, 5) is 7.28. The number of hydrogen-bond donors (Lipinski definition) is 0. The molecule has 2 heterocycles. The largest absolute Gasteiger partial charge is 0.371 e. The molecule has 28 heavy (non-hydrogen) atoms. The summed E-state index contributed by atoms with van der Waals surface area (Å²) in [5, 5.41) is 2.62. The van der Waals surface area contributed by atoms with Crippen LogP contribution < -0.4 is 4.90 Å². The van der Waals surface area contributed by atoms with Gasteiger partial charge in [0.2, 0.25) is 0 Å². The minimum absolute atomic E-state index is 0.845. The molecular formula is C26H30N2. The normalized spacial score (nSPS) is 15.6. The van der Waals surface area contributed by atoms with Gasteiger partial charge in [0, 0.05) is 25.0 Å². The molecule has 0 saturated carbocycles. The lowest BCUT2D eigenvalue weighted by atomic mass is 9.97. The second-order valence-corrected chi connectivity index (χ2v) is 8.11. The van der Waals surface area contributed by atoms with E-state index in [0.29, 0.717) is 0 Å². The molecule has 0 radical (unpaired) electrons. The molecular weight excluding hydrogens is 340 g/mol. The average Bonchev–Trinajstić information content (AvgIpc) is 2.73. The van der Waals surface area contributed by atoms with E-state index in [1.54, 1.807) is 0 Å². The summed E-state index contributed by atoms with van der Waals surface area (Å²) < 4.78 is 0. The van der Waals surface area contributed by atoms with Crippen LogP contribution in [0, 0.1) is 12.8 Å². The van der Waals surface area contributed by atoms with Crippen LogP contribution in [-0.2, 0) is 6.42 Å². The van der Waals surface area contributed by atoms with Crippen molar-refractivity contribution in [2.75, 3.05) is 18.0 Å². The van der Waals surface area contributed by atoms with Crippen molar-refractivity contribution < 1.29 is 0 Å². The quantitative estimate of drug-likeness (QED) is 0.520. The standard InChI is InChI=1S/C26H30N2/c1-4-21-18-27-24(17-25(21)28-15-13-19(2)14-16-28)12-11-23-10-6-9-22-8-5-7-20(3)26(22)23/h5-12,17-19H,4,13-16H2,1-3H3/b12-11-. The topological polar surface area (TPSA) is 16.1 Å². The lowest BCUT2D eigenvalue weighted by Crippen LogP contribution is -2.33. The predicted molar refractivity (Wildman–Crippen MR) is 122 cm³/mol. The third kappa shape index (κ3) is 3.82. The minimum atomic E-state index is 0.845. The maximum absolute atomic E-state index is 4.72. The number of fused-ring (bicyclic) bond motifs is 1. The van der Waals surface area contributed by atoms with Crippen molar-refractivity contribution >= 4 is 28.6 Å². The molecule has 3 aromatic rings. The van der Waals surface area contributed by atoms with Crippen LogP contribution in [0.4, 0.5) is 5.69 Å². The molecule has 2 nitrogen and oxygen atoms in total. The van der Waals surface area contributed by atoms with Crippen LogP contribution in [0.5, 0.6) is 0 Å². The molecule has 1 fully saturated rings. The van der Waals surface area contributed by atoms with Gasteiger partial charge in [0.15, 0.2) is 0 Å². The van der Waals surface area contributed by atoms with E-state index >= 15 is 0 Å². The molecule has 0 bridgehead atoms. The molecule has 0 unspecified atom stereocenters. The fraction of sp³-hybridized carbons (Fsp3) is 0.346. The van der Waals surface area contributed by atoms with Crippen molar-refractivity contribution in [2.24, 2.45) is 5.92 Å².